The molecule has 20 heavy (non-hydrogen) atoms. The van der Waals surface area contributed by atoms with Crippen LogP contribution in [0.2, 0.25) is 5.02 Å². The number of ether oxygens (including phenoxy) is 1. The highest BCUT2D eigenvalue weighted by Gasteiger charge is 2.23. The maximum atomic E-state index is 11.4. The van der Waals surface area contributed by atoms with Crippen molar-refractivity contribution >= 4 is 17.6 Å². The van der Waals surface area contributed by atoms with Crippen LogP contribution in [0.4, 0.5) is 0 Å². The van der Waals surface area contributed by atoms with Crippen LogP contribution in [0.1, 0.15) is 56.9 Å². The van der Waals surface area contributed by atoms with E-state index in [1.54, 1.807) is 0 Å². The minimum absolute atomic E-state index is 0.0514. The Labute approximate surface area is 126 Å². The summed E-state index contributed by atoms with van der Waals surface area (Å²) in [5.74, 6) is 1.26. The van der Waals surface area contributed by atoms with Gasteiger partial charge in [-0.1, -0.05) is 23.7 Å². The smallest absolute Gasteiger partial charge is 0.305 e. The zero-order chi connectivity index (χ0) is 14.4. The maximum Gasteiger partial charge on any atom is 0.305 e. The van der Waals surface area contributed by atoms with E-state index in [0.717, 1.165) is 11.4 Å². The lowest BCUT2D eigenvalue weighted by Gasteiger charge is -2.28. The summed E-state index contributed by atoms with van der Waals surface area (Å²) in [6.45, 7) is 2.34. The quantitative estimate of drug-likeness (QED) is 0.718. The first-order valence-electron chi connectivity index (χ1n) is 7.60. The molecule has 0 unspecified atom stereocenters. The van der Waals surface area contributed by atoms with Crippen molar-refractivity contribution in [2.24, 2.45) is 5.92 Å². The standard InChI is InChI=1S/C17H23ClO2/c1-2-20-17(19)11-8-13-6-9-14(10-7-13)15-4-3-5-16(18)12-15/h3-5,12-14H,2,6-11H2,1H3. The Kier molecular flexibility index (Phi) is 5.90. The fourth-order valence-corrected chi connectivity index (χ4v) is 3.30. The van der Waals surface area contributed by atoms with E-state index in [1.165, 1.54) is 31.2 Å². The van der Waals surface area contributed by atoms with Gasteiger partial charge in [-0.3, -0.25) is 4.79 Å². The Balaban J connectivity index is 1.76. The summed E-state index contributed by atoms with van der Waals surface area (Å²) in [5, 5.41) is 0.826. The molecule has 0 radical (unpaired) electrons. The molecule has 2 nitrogen and oxygen atoms in total. The summed E-state index contributed by atoms with van der Waals surface area (Å²) in [7, 11) is 0. The van der Waals surface area contributed by atoms with E-state index < -0.39 is 0 Å². The molecule has 0 N–H and O–H groups in total. The maximum absolute atomic E-state index is 11.4. The summed E-state index contributed by atoms with van der Waals surface area (Å²) < 4.78 is 4.98. The van der Waals surface area contributed by atoms with E-state index in [4.69, 9.17) is 16.3 Å². The number of benzene rings is 1. The lowest BCUT2D eigenvalue weighted by atomic mass is 9.77. The van der Waals surface area contributed by atoms with Crippen LogP contribution in [0.3, 0.4) is 0 Å². The summed E-state index contributed by atoms with van der Waals surface area (Å²) in [5.41, 5.74) is 1.36. The first kappa shape index (κ1) is 15.4. The number of carbonyl (C=O) groups excluding carboxylic acids is 1. The monoisotopic (exact) mass is 294 g/mol. The largest absolute Gasteiger partial charge is 0.466 e. The van der Waals surface area contributed by atoms with Gasteiger partial charge in [0.1, 0.15) is 0 Å². The molecule has 0 bridgehead atoms. The highest BCUT2D eigenvalue weighted by atomic mass is 35.5. The third-order valence-electron chi connectivity index (χ3n) is 4.23. The molecule has 110 valence electrons. The van der Waals surface area contributed by atoms with Crippen molar-refractivity contribution in [3.05, 3.63) is 34.9 Å². The summed E-state index contributed by atoms with van der Waals surface area (Å²) in [6.07, 6.45) is 6.36. The molecule has 1 aliphatic rings. The molecule has 1 aromatic rings. The minimum atomic E-state index is -0.0514. The van der Waals surface area contributed by atoms with Crippen LogP contribution in [0.15, 0.2) is 24.3 Å². The molecule has 1 aromatic carbocycles. The van der Waals surface area contributed by atoms with E-state index in [9.17, 15) is 4.79 Å². The van der Waals surface area contributed by atoms with E-state index in [-0.39, 0.29) is 5.97 Å². The Morgan fingerprint density at radius 3 is 2.70 bits per heavy atom. The molecule has 0 aliphatic heterocycles. The predicted octanol–water partition coefficient (Wildman–Crippen LogP) is 4.96. The average molecular weight is 295 g/mol. The predicted molar refractivity (Wildman–Crippen MR) is 82.0 cm³/mol. The second-order valence-corrected chi connectivity index (χ2v) is 6.05. The fourth-order valence-electron chi connectivity index (χ4n) is 3.10. The zero-order valence-corrected chi connectivity index (χ0v) is 12.9. The van der Waals surface area contributed by atoms with Gasteiger partial charge >= 0.3 is 5.97 Å². The number of esters is 1. The van der Waals surface area contributed by atoms with Gasteiger partial charge in [0.2, 0.25) is 0 Å². The lowest BCUT2D eigenvalue weighted by molar-refractivity contribution is -0.143. The van der Waals surface area contributed by atoms with Gasteiger partial charge in [-0.2, -0.15) is 0 Å². The van der Waals surface area contributed by atoms with Crippen molar-refractivity contribution < 1.29 is 9.53 Å². The van der Waals surface area contributed by atoms with Gasteiger partial charge in [-0.15, -0.1) is 0 Å². The van der Waals surface area contributed by atoms with Crippen LogP contribution in [0.5, 0.6) is 0 Å². The fraction of sp³-hybridized carbons (Fsp3) is 0.588. The molecule has 0 heterocycles. The van der Waals surface area contributed by atoms with Crippen molar-refractivity contribution in [3.63, 3.8) is 0 Å². The van der Waals surface area contributed by atoms with Crippen LogP contribution in [-0.4, -0.2) is 12.6 Å². The second-order valence-electron chi connectivity index (χ2n) is 5.62. The highest BCUT2D eigenvalue weighted by molar-refractivity contribution is 6.30. The molecule has 0 saturated heterocycles. The van der Waals surface area contributed by atoms with Gasteiger partial charge in [-0.25, -0.2) is 0 Å². The highest BCUT2D eigenvalue weighted by Crippen LogP contribution is 2.38. The number of carbonyl (C=O) groups is 1. The molecule has 3 heteroatoms. The Hall–Kier alpha value is -1.02. The van der Waals surface area contributed by atoms with Crippen molar-refractivity contribution in [1.82, 2.24) is 0 Å². The lowest BCUT2D eigenvalue weighted by Crippen LogP contribution is -2.15. The van der Waals surface area contributed by atoms with Crippen LogP contribution in [-0.2, 0) is 9.53 Å². The zero-order valence-electron chi connectivity index (χ0n) is 12.1. The van der Waals surface area contributed by atoms with Crippen molar-refractivity contribution in [2.75, 3.05) is 6.61 Å². The van der Waals surface area contributed by atoms with E-state index in [2.05, 4.69) is 12.1 Å². The molecule has 0 amide bonds. The van der Waals surface area contributed by atoms with Crippen molar-refractivity contribution in [1.29, 1.82) is 0 Å². The summed E-state index contributed by atoms with van der Waals surface area (Å²) >= 11 is 6.06. The van der Waals surface area contributed by atoms with Crippen molar-refractivity contribution in [3.8, 4) is 0 Å². The van der Waals surface area contributed by atoms with Gasteiger partial charge in [0.05, 0.1) is 6.61 Å². The van der Waals surface area contributed by atoms with Gasteiger partial charge in [0.15, 0.2) is 0 Å². The van der Waals surface area contributed by atoms with E-state index >= 15 is 0 Å². The van der Waals surface area contributed by atoms with Crippen LogP contribution < -0.4 is 0 Å². The minimum Gasteiger partial charge on any atom is -0.466 e. The molecule has 0 aromatic heterocycles. The molecule has 1 saturated carbocycles. The van der Waals surface area contributed by atoms with E-state index in [1.807, 2.05) is 19.1 Å². The number of rotatable bonds is 5. The van der Waals surface area contributed by atoms with E-state index in [0.29, 0.717) is 24.9 Å². The average Bonchev–Trinajstić information content (AvgIpc) is 2.46. The number of hydrogen-bond donors (Lipinski definition) is 0. The Morgan fingerprint density at radius 2 is 2.05 bits per heavy atom. The summed E-state index contributed by atoms with van der Waals surface area (Å²) in [4.78, 5) is 11.4. The topological polar surface area (TPSA) is 26.3 Å². The molecule has 2 rings (SSSR count). The Morgan fingerprint density at radius 1 is 1.30 bits per heavy atom. The molecular formula is C17H23ClO2. The number of halogens is 1. The van der Waals surface area contributed by atoms with Gasteiger partial charge in [0, 0.05) is 11.4 Å². The summed E-state index contributed by atoms with van der Waals surface area (Å²) in [6, 6.07) is 8.22. The SMILES string of the molecule is CCOC(=O)CCC1CCC(c2cccc(Cl)c2)CC1. The molecule has 0 atom stereocenters. The van der Waals surface area contributed by atoms with Crippen LogP contribution in [0.25, 0.3) is 0 Å². The van der Waals surface area contributed by atoms with Crippen LogP contribution >= 0.6 is 11.6 Å². The van der Waals surface area contributed by atoms with Gasteiger partial charge in [-0.05, 0) is 68.6 Å². The molecular weight excluding hydrogens is 272 g/mol. The second kappa shape index (κ2) is 7.68. The van der Waals surface area contributed by atoms with Gasteiger partial charge < -0.3 is 4.74 Å². The Bertz CT molecular complexity index is 436. The van der Waals surface area contributed by atoms with Gasteiger partial charge in [0.25, 0.3) is 0 Å². The third-order valence-corrected chi connectivity index (χ3v) is 4.46. The normalized spacial score (nSPS) is 22.5. The molecule has 1 fully saturated rings. The molecule has 1 aliphatic carbocycles. The first-order chi connectivity index (χ1) is 9.69. The van der Waals surface area contributed by atoms with Crippen LogP contribution in [0, 0.1) is 5.92 Å². The molecule has 0 spiro atoms. The first-order valence-corrected chi connectivity index (χ1v) is 7.98. The third kappa shape index (κ3) is 4.52. The van der Waals surface area contributed by atoms with Crippen molar-refractivity contribution in [2.45, 2.75) is 51.4 Å². The number of hydrogen-bond acceptors (Lipinski definition) is 2.